The van der Waals surface area contributed by atoms with Crippen LogP contribution in [0.4, 0.5) is 14.6 Å². The van der Waals surface area contributed by atoms with E-state index in [-0.39, 0.29) is 17.4 Å². The summed E-state index contributed by atoms with van der Waals surface area (Å²) in [5.41, 5.74) is 3.19. The van der Waals surface area contributed by atoms with E-state index in [0.717, 1.165) is 16.6 Å². The van der Waals surface area contributed by atoms with Crippen LogP contribution in [0.15, 0.2) is 48.5 Å². The molecular weight excluding hydrogens is 457 g/mol. The number of rotatable bonds is 5. The third-order valence-electron chi connectivity index (χ3n) is 6.25. The van der Waals surface area contributed by atoms with Crippen LogP contribution in [0.1, 0.15) is 34.3 Å². The molecule has 1 N–H and O–H groups in total. The average Bonchev–Trinajstić information content (AvgIpc) is 3.56. The number of hydrogen-bond acceptors (Lipinski definition) is 6. The fraction of sp³-hybridized carbons (Fsp3) is 0.240. The van der Waals surface area contributed by atoms with Gasteiger partial charge in [0.1, 0.15) is 13.7 Å². The van der Waals surface area contributed by atoms with Crippen LogP contribution in [0.5, 0.6) is 11.5 Å². The van der Waals surface area contributed by atoms with E-state index >= 15 is 0 Å². The van der Waals surface area contributed by atoms with Gasteiger partial charge in [-0.15, -0.1) is 8.78 Å². The summed E-state index contributed by atoms with van der Waals surface area (Å²) in [6.07, 6.45) is -2.59. The largest absolute Gasteiger partial charge is 0.586 e. The molecule has 35 heavy (non-hydrogen) atoms. The highest BCUT2D eigenvalue weighted by atomic mass is 19.3. The molecule has 1 aliphatic carbocycles. The maximum absolute atomic E-state index is 13.4. The minimum Gasteiger partial charge on any atom is -0.465 e. The zero-order valence-corrected chi connectivity index (χ0v) is 19.3. The molecule has 1 saturated carbocycles. The predicted octanol–water partition coefficient (Wildman–Crippen LogP) is 3.09. The van der Waals surface area contributed by atoms with Crippen LogP contribution in [-0.4, -0.2) is 38.1 Å². The summed E-state index contributed by atoms with van der Waals surface area (Å²) in [6.45, 7) is 1.89. The second-order valence-electron chi connectivity index (χ2n) is 8.81. The lowest BCUT2D eigenvalue weighted by Gasteiger charge is -2.17. The van der Waals surface area contributed by atoms with Gasteiger partial charge in [-0.2, -0.15) is 0 Å². The Bertz CT molecular complexity index is 1370. The molecule has 0 bridgehead atoms. The number of nitrogens with one attached hydrogen (secondary N) is 1. The van der Waals surface area contributed by atoms with E-state index in [2.05, 4.69) is 19.8 Å². The first kappa shape index (κ1) is 22.8. The number of anilines is 1. The number of amides is 1. The van der Waals surface area contributed by atoms with E-state index < -0.39 is 17.7 Å². The maximum atomic E-state index is 13.4. The Hall–Kier alpha value is -3.95. The number of fused-ring (bicyclic) bond motifs is 1. The zero-order valence-electron chi connectivity index (χ0n) is 19.3. The van der Waals surface area contributed by atoms with Gasteiger partial charge in [0.25, 0.3) is 0 Å². The molecule has 1 fully saturated rings. The normalized spacial score (nSPS) is 16.5. The van der Waals surface area contributed by atoms with E-state index in [0.29, 0.717) is 35.5 Å². The van der Waals surface area contributed by atoms with Crippen LogP contribution in [0, 0.1) is 6.92 Å². The summed E-state index contributed by atoms with van der Waals surface area (Å²) in [7, 11) is 3.19. The molecule has 0 spiro atoms. The Balaban J connectivity index is 1.41. The van der Waals surface area contributed by atoms with Crippen molar-refractivity contribution in [2.45, 2.75) is 31.5 Å². The van der Waals surface area contributed by atoms with Crippen LogP contribution in [0.2, 0.25) is 0 Å². The number of halogens is 2. The zero-order chi connectivity index (χ0) is 25.0. The van der Waals surface area contributed by atoms with Gasteiger partial charge in [0.2, 0.25) is 5.91 Å². The van der Waals surface area contributed by atoms with Crippen molar-refractivity contribution in [2.75, 3.05) is 12.4 Å². The molecule has 0 radical (unpaired) electrons. The molecule has 178 valence electrons. The minimum absolute atomic E-state index is 0.0655. The van der Waals surface area contributed by atoms with Crippen molar-refractivity contribution in [2.24, 2.45) is 0 Å². The molecule has 7 nitrogen and oxygen atoms in total. The molecule has 1 aliphatic heterocycles. The van der Waals surface area contributed by atoms with Gasteiger partial charge in [0, 0.05) is 5.56 Å². The van der Waals surface area contributed by atoms with Crippen molar-refractivity contribution in [1.29, 1.82) is 0 Å². The average molecular weight is 478 g/mol. The summed E-state index contributed by atoms with van der Waals surface area (Å²) in [5, 5.41) is 2.87. The molecular formula is C25H21BF2N2O5. The first-order valence-corrected chi connectivity index (χ1v) is 11.0. The molecule has 0 unspecified atom stereocenters. The first-order chi connectivity index (χ1) is 16.6. The van der Waals surface area contributed by atoms with Crippen LogP contribution in [-0.2, 0) is 14.9 Å². The van der Waals surface area contributed by atoms with Gasteiger partial charge < -0.3 is 19.5 Å². The molecule has 0 saturated heterocycles. The number of aromatic nitrogens is 1. The topological polar surface area (TPSA) is 86.8 Å². The van der Waals surface area contributed by atoms with E-state index in [1.165, 1.54) is 19.2 Å². The number of ether oxygens (including phenoxy) is 3. The number of carbonyl (C=O) groups excluding carboxylic acids is 2. The highest BCUT2D eigenvalue weighted by Gasteiger charge is 2.53. The monoisotopic (exact) mass is 478 g/mol. The highest BCUT2D eigenvalue weighted by Crippen LogP contribution is 2.52. The molecule has 5 rings (SSSR count). The quantitative estimate of drug-likeness (QED) is 0.448. The number of methoxy groups -OCH3 is 1. The summed E-state index contributed by atoms with van der Waals surface area (Å²) < 4.78 is 40.6. The van der Waals surface area contributed by atoms with Gasteiger partial charge in [0.15, 0.2) is 11.5 Å². The maximum Gasteiger partial charge on any atom is 0.586 e. The number of alkyl halides is 2. The predicted molar refractivity (Wildman–Crippen MR) is 126 cm³/mol. The molecule has 0 atom stereocenters. The van der Waals surface area contributed by atoms with Crippen LogP contribution < -0.4 is 20.3 Å². The lowest BCUT2D eigenvalue weighted by atomic mass is 9.90. The van der Waals surface area contributed by atoms with Gasteiger partial charge >= 0.3 is 12.3 Å². The van der Waals surface area contributed by atoms with Crippen molar-refractivity contribution < 1.29 is 32.6 Å². The molecule has 2 heterocycles. The van der Waals surface area contributed by atoms with Crippen molar-refractivity contribution in [3.05, 3.63) is 65.2 Å². The molecule has 3 aromatic rings. The second kappa shape index (κ2) is 8.07. The van der Waals surface area contributed by atoms with E-state index in [1.54, 1.807) is 24.3 Å². The first-order valence-electron chi connectivity index (χ1n) is 11.0. The third-order valence-corrected chi connectivity index (χ3v) is 6.25. The van der Waals surface area contributed by atoms with Gasteiger partial charge in [-0.25, -0.2) is 9.78 Å². The van der Waals surface area contributed by atoms with Gasteiger partial charge in [-0.05, 0) is 55.2 Å². The van der Waals surface area contributed by atoms with Crippen LogP contribution in [0.25, 0.3) is 11.3 Å². The Kier molecular flexibility index (Phi) is 5.27. The lowest BCUT2D eigenvalue weighted by Crippen LogP contribution is -2.28. The van der Waals surface area contributed by atoms with Crippen molar-refractivity contribution in [3.63, 3.8) is 0 Å². The van der Waals surface area contributed by atoms with Crippen molar-refractivity contribution >= 4 is 31.0 Å². The Morgan fingerprint density at radius 1 is 1.06 bits per heavy atom. The number of aryl methyl sites for hydroxylation is 1. The Morgan fingerprint density at radius 3 is 2.51 bits per heavy atom. The standard InChI is InChI=1S/C25H21BF2N2O5/c1-13-3-6-20(29-21(13)14-9-15(22(31)33-2)11-17(26)10-14)30-23(32)24(7-8-24)16-4-5-18-19(12-16)35-25(27,28)34-18/h3-6,9-12H,7-8,26H2,1-2H3,(H,29,30,32). The van der Waals surface area contributed by atoms with E-state index in [9.17, 15) is 18.4 Å². The van der Waals surface area contributed by atoms with Gasteiger partial charge in [-0.1, -0.05) is 29.7 Å². The molecule has 10 heteroatoms. The Labute approximate surface area is 200 Å². The number of hydrogen-bond donors (Lipinski definition) is 1. The van der Waals surface area contributed by atoms with Crippen molar-refractivity contribution in [1.82, 2.24) is 4.98 Å². The SMILES string of the molecule is Bc1cc(C(=O)OC)cc(-c2nc(NC(=O)C3(c4ccc5c(c4)OC(F)(F)O5)CC3)ccc2C)c1. The number of carbonyl (C=O) groups is 2. The summed E-state index contributed by atoms with van der Waals surface area (Å²) in [6, 6.07) is 13.3. The summed E-state index contributed by atoms with van der Waals surface area (Å²) >= 11 is 0. The smallest absolute Gasteiger partial charge is 0.465 e. The van der Waals surface area contributed by atoms with E-state index in [1.807, 2.05) is 26.9 Å². The second-order valence-corrected chi connectivity index (χ2v) is 8.81. The van der Waals surface area contributed by atoms with Crippen LogP contribution >= 0.6 is 0 Å². The minimum atomic E-state index is -3.72. The van der Waals surface area contributed by atoms with E-state index in [4.69, 9.17) is 4.74 Å². The number of pyridine rings is 1. The highest BCUT2D eigenvalue weighted by molar-refractivity contribution is 6.33. The number of esters is 1. The molecule has 2 aromatic carbocycles. The third kappa shape index (κ3) is 4.20. The van der Waals surface area contributed by atoms with Gasteiger partial charge in [0.05, 0.1) is 23.8 Å². The number of benzene rings is 2. The Morgan fingerprint density at radius 2 is 1.80 bits per heavy atom. The summed E-state index contributed by atoms with van der Waals surface area (Å²) in [4.78, 5) is 29.9. The van der Waals surface area contributed by atoms with Crippen LogP contribution in [0.3, 0.4) is 0 Å². The van der Waals surface area contributed by atoms with Gasteiger partial charge in [-0.3, -0.25) is 4.79 Å². The summed E-state index contributed by atoms with van der Waals surface area (Å²) in [5.74, 6) is -0.554. The fourth-order valence-corrected chi connectivity index (χ4v) is 4.30. The van der Waals surface area contributed by atoms with Crippen molar-refractivity contribution in [3.8, 4) is 22.8 Å². The fourth-order valence-electron chi connectivity index (χ4n) is 4.30. The molecule has 1 amide bonds. The molecule has 1 aromatic heterocycles. The number of nitrogens with zero attached hydrogens (tertiary/aromatic N) is 1. The lowest BCUT2D eigenvalue weighted by molar-refractivity contribution is -0.286. The molecule has 2 aliphatic rings.